The van der Waals surface area contributed by atoms with Crippen molar-refractivity contribution in [3.63, 3.8) is 0 Å². The molecule has 1 amide bonds. The minimum absolute atomic E-state index is 0.0624. The van der Waals surface area contributed by atoms with E-state index in [0.29, 0.717) is 16.0 Å². The maximum Gasteiger partial charge on any atom is 0.216 e. The van der Waals surface area contributed by atoms with Gasteiger partial charge < -0.3 is 10.6 Å². The summed E-state index contributed by atoms with van der Waals surface area (Å²) in [6.45, 7) is 10.6. The molecule has 2 aliphatic heterocycles. The summed E-state index contributed by atoms with van der Waals surface area (Å²) in [4.78, 5) is 16.3. The Labute approximate surface area is 207 Å². The number of rotatable bonds is 7. The average molecular weight is 489 g/mol. The van der Waals surface area contributed by atoms with E-state index in [1.54, 1.807) is 13.0 Å². The Morgan fingerprint density at radius 2 is 1.42 bits per heavy atom. The van der Waals surface area contributed by atoms with E-state index in [9.17, 15) is 4.79 Å². The predicted molar refractivity (Wildman–Crippen MR) is 137 cm³/mol. The molecule has 2 aromatic carbocycles. The van der Waals surface area contributed by atoms with Crippen LogP contribution in [0, 0.1) is 5.92 Å². The fraction of sp³-hybridized carbons (Fsp3) is 0.500. The van der Waals surface area contributed by atoms with Crippen molar-refractivity contribution in [3.8, 4) is 11.1 Å². The summed E-state index contributed by atoms with van der Waals surface area (Å²) in [6.07, 6.45) is 2.25. The Hall–Kier alpha value is -1.63. The number of benzene rings is 2. The van der Waals surface area contributed by atoms with E-state index >= 15 is 0 Å². The maximum absolute atomic E-state index is 11.2. The summed E-state index contributed by atoms with van der Waals surface area (Å²) in [5.41, 5.74) is 4.89. The highest BCUT2D eigenvalue weighted by atomic mass is 35.5. The van der Waals surface area contributed by atoms with Gasteiger partial charge in [-0.05, 0) is 84.4 Å². The Morgan fingerprint density at radius 1 is 0.879 bits per heavy atom. The summed E-state index contributed by atoms with van der Waals surface area (Å²) in [6, 6.07) is 12.7. The topological polar surface area (TPSA) is 47.6 Å². The standard InChI is InChI=1S/C26H34Cl2N4O/c1-19(33)30-16-20-2-6-31(7-3-20)17-21-10-22(18-32-8-4-29-5-9-32)12-23(11-21)24-13-25(27)15-26(28)14-24/h10-15,20,29H,2-9,16-18H2,1H3,(H,30,33). The molecule has 2 aromatic rings. The Kier molecular flexibility index (Phi) is 8.67. The zero-order valence-corrected chi connectivity index (χ0v) is 20.9. The van der Waals surface area contributed by atoms with Crippen LogP contribution in [0.1, 0.15) is 30.9 Å². The molecule has 2 N–H and O–H groups in total. The van der Waals surface area contributed by atoms with Crippen LogP contribution in [0.15, 0.2) is 36.4 Å². The SMILES string of the molecule is CC(=O)NCC1CCN(Cc2cc(CN3CCNCC3)cc(-c3cc(Cl)cc(Cl)c3)c2)CC1. The number of carbonyl (C=O) groups excluding carboxylic acids is 1. The lowest BCUT2D eigenvalue weighted by molar-refractivity contribution is -0.119. The number of hydrogen-bond acceptors (Lipinski definition) is 4. The molecule has 0 bridgehead atoms. The minimum Gasteiger partial charge on any atom is -0.356 e. The molecule has 2 fully saturated rings. The van der Waals surface area contributed by atoms with Crippen molar-refractivity contribution in [2.75, 3.05) is 45.8 Å². The van der Waals surface area contributed by atoms with Crippen LogP contribution in [0.3, 0.4) is 0 Å². The number of nitrogens with one attached hydrogen (secondary N) is 2. The van der Waals surface area contributed by atoms with Crippen LogP contribution >= 0.6 is 23.2 Å². The molecule has 0 saturated carbocycles. The van der Waals surface area contributed by atoms with E-state index in [1.165, 1.54) is 16.7 Å². The molecule has 33 heavy (non-hydrogen) atoms. The van der Waals surface area contributed by atoms with Crippen LogP contribution < -0.4 is 10.6 Å². The van der Waals surface area contributed by atoms with Crippen molar-refractivity contribution in [2.45, 2.75) is 32.9 Å². The highest BCUT2D eigenvalue weighted by Crippen LogP contribution is 2.30. The fourth-order valence-corrected chi connectivity index (χ4v) is 5.38. The third kappa shape index (κ3) is 7.43. The van der Waals surface area contributed by atoms with Crippen molar-refractivity contribution in [1.82, 2.24) is 20.4 Å². The van der Waals surface area contributed by atoms with Crippen LogP contribution in [-0.2, 0) is 17.9 Å². The normalized spacial score (nSPS) is 18.4. The van der Waals surface area contributed by atoms with Crippen LogP contribution in [-0.4, -0.2) is 61.5 Å². The van der Waals surface area contributed by atoms with Crippen LogP contribution in [0.25, 0.3) is 11.1 Å². The third-order valence-electron chi connectivity index (χ3n) is 6.62. The number of hydrogen-bond donors (Lipinski definition) is 2. The minimum atomic E-state index is 0.0624. The number of nitrogens with zero attached hydrogens (tertiary/aromatic N) is 2. The van der Waals surface area contributed by atoms with Gasteiger partial charge in [0, 0.05) is 62.8 Å². The molecule has 0 atom stereocenters. The highest BCUT2D eigenvalue weighted by Gasteiger charge is 2.20. The van der Waals surface area contributed by atoms with E-state index in [1.807, 2.05) is 12.1 Å². The Morgan fingerprint density at radius 3 is 2.00 bits per heavy atom. The van der Waals surface area contributed by atoms with Crippen LogP contribution in [0.2, 0.25) is 10.0 Å². The van der Waals surface area contributed by atoms with E-state index in [-0.39, 0.29) is 5.91 Å². The predicted octanol–water partition coefficient (Wildman–Crippen LogP) is 4.41. The number of piperazine rings is 1. The van der Waals surface area contributed by atoms with Crippen molar-refractivity contribution in [2.24, 2.45) is 5.92 Å². The van der Waals surface area contributed by atoms with Gasteiger partial charge in [-0.1, -0.05) is 29.3 Å². The second-order valence-electron chi connectivity index (χ2n) is 9.38. The van der Waals surface area contributed by atoms with E-state index in [2.05, 4.69) is 38.6 Å². The van der Waals surface area contributed by atoms with E-state index in [4.69, 9.17) is 23.2 Å². The molecule has 2 heterocycles. The molecule has 7 heteroatoms. The molecule has 2 aliphatic rings. The first-order chi connectivity index (χ1) is 15.9. The van der Waals surface area contributed by atoms with Gasteiger partial charge in [0.1, 0.15) is 0 Å². The lowest BCUT2D eigenvalue weighted by Crippen LogP contribution is -2.42. The van der Waals surface area contributed by atoms with Gasteiger partial charge in [-0.2, -0.15) is 0 Å². The Balaban J connectivity index is 1.50. The third-order valence-corrected chi connectivity index (χ3v) is 7.05. The average Bonchev–Trinajstić information content (AvgIpc) is 2.78. The largest absolute Gasteiger partial charge is 0.356 e. The van der Waals surface area contributed by atoms with Crippen molar-refractivity contribution >= 4 is 29.1 Å². The van der Waals surface area contributed by atoms with Gasteiger partial charge in [-0.25, -0.2) is 0 Å². The van der Waals surface area contributed by atoms with Gasteiger partial charge in [0.05, 0.1) is 0 Å². The molecule has 5 nitrogen and oxygen atoms in total. The first kappa shape index (κ1) is 24.5. The van der Waals surface area contributed by atoms with Crippen molar-refractivity contribution in [1.29, 1.82) is 0 Å². The lowest BCUT2D eigenvalue weighted by atomic mass is 9.95. The molecule has 0 radical (unpaired) electrons. The molecule has 0 aliphatic carbocycles. The lowest BCUT2D eigenvalue weighted by Gasteiger charge is -2.32. The van der Waals surface area contributed by atoms with E-state index in [0.717, 1.165) is 77.3 Å². The maximum atomic E-state index is 11.2. The number of piperidine rings is 1. The second kappa shape index (κ2) is 11.7. The van der Waals surface area contributed by atoms with Gasteiger partial charge in [0.15, 0.2) is 0 Å². The molecular weight excluding hydrogens is 455 g/mol. The second-order valence-corrected chi connectivity index (χ2v) is 10.3. The number of halogens is 2. The summed E-state index contributed by atoms with van der Waals surface area (Å²) in [7, 11) is 0. The van der Waals surface area contributed by atoms with Gasteiger partial charge >= 0.3 is 0 Å². The van der Waals surface area contributed by atoms with Crippen molar-refractivity contribution < 1.29 is 4.79 Å². The van der Waals surface area contributed by atoms with Gasteiger partial charge in [0.2, 0.25) is 5.91 Å². The smallest absolute Gasteiger partial charge is 0.216 e. The molecule has 0 spiro atoms. The molecule has 0 unspecified atom stereocenters. The summed E-state index contributed by atoms with van der Waals surface area (Å²) in [5.74, 6) is 0.640. The molecule has 178 valence electrons. The first-order valence-corrected chi connectivity index (χ1v) is 12.7. The molecule has 4 rings (SSSR count). The number of carbonyl (C=O) groups is 1. The molecular formula is C26H34Cl2N4O. The zero-order chi connectivity index (χ0) is 23.2. The zero-order valence-electron chi connectivity index (χ0n) is 19.4. The monoisotopic (exact) mass is 488 g/mol. The summed E-state index contributed by atoms with van der Waals surface area (Å²) < 4.78 is 0. The summed E-state index contributed by atoms with van der Waals surface area (Å²) >= 11 is 12.6. The fourth-order valence-electron chi connectivity index (χ4n) is 4.85. The first-order valence-electron chi connectivity index (χ1n) is 11.9. The van der Waals surface area contributed by atoms with Gasteiger partial charge in [-0.15, -0.1) is 0 Å². The van der Waals surface area contributed by atoms with Gasteiger partial charge in [-0.3, -0.25) is 14.6 Å². The van der Waals surface area contributed by atoms with Crippen molar-refractivity contribution in [3.05, 3.63) is 57.6 Å². The van der Waals surface area contributed by atoms with E-state index < -0.39 is 0 Å². The van der Waals surface area contributed by atoms with Gasteiger partial charge in [0.25, 0.3) is 0 Å². The Bertz CT molecular complexity index is 933. The number of amides is 1. The van der Waals surface area contributed by atoms with Crippen LogP contribution in [0.4, 0.5) is 0 Å². The van der Waals surface area contributed by atoms with Crippen LogP contribution in [0.5, 0.6) is 0 Å². The quantitative estimate of drug-likeness (QED) is 0.605. The summed E-state index contributed by atoms with van der Waals surface area (Å²) in [5, 5.41) is 7.73. The number of likely N-dealkylation sites (tertiary alicyclic amines) is 1. The highest BCUT2D eigenvalue weighted by molar-refractivity contribution is 6.35. The molecule has 2 saturated heterocycles. The molecule has 0 aromatic heterocycles.